The summed E-state index contributed by atoms with van der Waals surface area (Å²) in [5, 5.41) is 3.98. The maximum Gasteiger partial charge on any atom is 0.200 e. The molecule has 4 nitrogen and oxygen atoms in total. The summed E-state index contributed by atoms with van der Waals surface area (Å²) in [7, 11) is 1.92. The van der Waals surface area contributed by atoms with Gasteiger partial charge in [-0.05, 0) is 44.3 Å². The predicted octanol–water partition coefficient (Wildman–Crippen LogP) is 3.26. The maximum atomic E-state index is 11.9. The molecule has 1 aromatic carbocycles. The van der Waals surface area contributed by atoms with E-state index in [1.54, 1.807) is 6.07 Å². The molecular weight excluding hydrogens is 254 g/mol. The topological polar surface area (TPSA) is 51.5 Å². The van der Waals surface area contributed by atoms with Crippen LogP contribution in [0.4, 0.5) is 0 Å². The molecule has 1 N–H and O–H groups in total. The van der Waals surface area contributed by atoms with Gasteiger partial charge in [0, 0.05) is 11.3 Å². The van der Waals surface area contributed by atoms with Crippen molar-refractivity contribution < 1.29 is 13.9 Å². The Morgan fingerprint density at radius 3 is 2.85 bits per heavy atom. The molecule has 0 saturated heterocycles. The van der Waals surface area contributed by atoms with Crippen LogP contribution in [-0.2, 0) is 0 Å². The maximum absolute atomic E-state index is 11.9. The molecule has 0 atom stereocenters. The van der Waals surface area contributed by atoms with Gasteiger partial charge in [0.15, 0.2) is 5.76 Å². The number of carbonyl (C=O) groups is 1. The molecule has 2 aromatic rings. The molecule has 0 fully saturated rings. The van der Waals surface area contributed by atoms with Crippen molar-refractivity contribution in [3.63, 3.8) is 0 Å². The summed E-state index contributed by atoms with van der Waals surface area (Å²) in [6.45, 7) is 5.33. The largest absolute Gasteiger partial charge is 0.494 e. The zero-order valence-corrected chi connectivity index (χ0v) is 12.2. The van der Waals surface area contributed by atoms with Crippen LogP contribution in [0, 0.1) is 5.92 Å². The lowest BCUT2D eigenvalue weighted by atomic mass is 10.1. The van der Waals surface area contributed by atoms with Gasteiger partial charge in [0.2, 0.25) is 5.78 Å². The summed E-state index contributed by atoms with van der Waals surface area (Å²) < 4.78 is 11.2. The minimum atomic E-state index is -0.0622. The molecular formula is C16H21NO3. The van der Waals surface area contributed by atoms with Gasteiger partial charge >= 0.3 is 0 Å². The standard InChI is InChI=1S/C16H21NO3/c1-11(2)16(18)15-10-12-9-13(5-6-14(12)20-15)19-8-4-7-17-3/h5-6,9-11,17H,4,7-8H2,1-3H3. The fraction of sp³-hybridized carbons (Fsp3) is 0.438. The van der Waals surface area contributed by atoms with Crippen molar-refractivity contribution in [1.29, 1.82) is 0 Å². The van der Waals surface area contributed by atoms with E-state index in [0.717, 1.165) is 29.7 Å². The van der Waals surface area contributed by atoms with E-state index in [1.807, 2.05) is 39.1 Å². The number of Topliss-reactive ketones (excluding diaryl/α,β-unsaturated/α-hetero) is 1. The molecule has 0 aliphatic carbocycles. The molecule has 2 rings (SSSR count). The monoisotopic (exact) mass is 275 g/mol. The zero-order chi connectivity index (χ0) is 14.5. The van der Waals surface area contributed by atoms with Gasteiger partial charge in [-0.1, -0.05) is 13.8 Å². The number of rotatable bonds is 7. The van der Waals surface area contributed by atoms with E-state index in [2.05, 4.69) is 5.32 Å². The molecule has 0 aliphatic heterocycles. The molecule has 0 saturated carbocycles. The SMILES string of the molecule is CNCCCOc1ccc2oc(C(=O)C(C)C)cc2c1. The molecule has 0 aliphatic rings. The van der Waals surface area contributed by atoms with Crippen molar-refractivity contribution in [1.82, 2.24) is 5.32 Å². The second-order valence-corrected chi connectivity index (χ2v) is 5.13. The first-order valence-electron chi connectivity index (χ1n) is 6.97. The third kappa shape index (κ3) is 3.39. The lowest BCUT2D eigenvalue weighted by Crippen LogP contribution is -2.11. The molecule has 108 valence electrons. The second kappa shape index (κ2) is 6.57. The van der Waals surface area contributed by atoms with Crippen LogP contribution in [0.25, 0.3) is 11.0 Å². The lowest BCUT2D eigenvalue weighted by Gasteiger charge is -2.05. The quantitative estimate of drug-likeness (QED) is 0.622. The van der Waals surface area contributed by atoms with Crippen molar-refractivity contribution in [2.75, 3.05) is 20.2 Å². The molecule has 1 heterocycles. The minimum absolute atomic E-state index is 0.0256. The van der Waals surface area contributed by atoms with E-state index < -0.39 is 0 Å². The van der Waals surface area contributed by atoms with E-state index >= 15 is 0 Å². The van der Waals surface area contributed by atoms with Crippen LogP contribution >= 0.6 is 0 Å². The number of fused-ring (bicyclic) bond motifs is 1. The van der Waals surface area contributed by atoms with Gasteiger partial charge < -0.3 is 14.5 Å². The van der Waals surface area contributed by atoms with Crippen molar-refractivity contribution in [3.8, 4) is 5.75 Å². The fourth-order valence-corrected chi connectivity index (χ4v) is 1.96. The first kappa shape index (κ1) is 14.6. The molecule has 0 bridgehead atoms. The van der Waals surface area contributed by atoms with E-state index in [1.165, 1.54) is 0 Å². The van der Waals surface area contributed by atoms with E-state index in [9.17, 15) is 4.79 Å². The molecule has 20 heavy (non-hydrogen) atoms. The fourth-order valence-electron chi connectivity index (χ4n) is 1.96. The highest BCUT2D eigenvalue weighted by Crippen LogP contribution is 2.25. The molecule has 0 spiro atoms. The average molecular weight is 275 g/mol. The minimum Gasteiger partial charge on any atom is -0.494 e. The van der Waals surface area contributed by atoms with E-state index in [4.69, 9.17) is 9.15 Å². The van der Waals surface area contributed by atoms with Gasteiger partial charge in [0.1, 0.15) is 11.3 Å². The number of ketones is 1. The Labute approximate surface area is 119 Å². The molecule has 4 heteroatoms. The number of hydrogen-bond donors (Lipinski definition) is 1. The predicted molar refractivity (Wildman–Crippen MR) is 79.4 cm³/mol. The van der Waals surface area contributed by atoms with Crippen LogP contribution in [0.3, 0.4) is 0 Å². The number of benzene rings is 1. The third-order valence-electron chi connectivity index (χ3n) is 3.09. The number of ether oxygens (including phenoxy) is 1. The van der Waals surface area contributed by atoms with E-state index in [-0.39, 0.29) is 11.7 Å². The summed E-state index contributed by atoms with van der Waals surface area (Å²) in [6.07, 6.45) is 0.955. The van der Waals surface area contributed by atoms with Crippen LogP contribution in [0.15, 0.2) is 28.7 Å². The molecule has 1 aromatic heterocycles. The Kier molecular flexibility index (Phi) is 4.79. The smallest absolute Gasteiger partial charge is 0.200 e. The molecule has 0 amide bonds. The van der Waals surface area contributed by atoms with Crippen LogP contribution in [-0.4, -0.2) is 26.0 Å². The zero-order valence-electron chi connectivity index (χ0n) is 12.2. The Morgan fingerprint density at radius 1 is 1.35 bits per heavy atom. The van der Waals surface area contributed by atoms with E-state index in [0.29, 0.717) is 12.4 Å². The lowest BCUT2D eigenvalue weighted by molar-refractivity contribution is 0.0913. The highest BCUT2D eigenvalue weighted by Gasteiger charge is 2.15. The first-order chi connectivity index (χ1) is 9.61. The van der Waals surface area contributed by atoms with Gasteiger partial charge in [-0.25, -0.2) is 0 Å². The Morgan fingerprint density at radius 2 is 2.15 bits per heavy atom. The number of nitrogens with one attached hydrogen (secondary N) is 1. The van der Waals surface area contributed by atoms with Gasteiger partial charge in [-0.15, -0.1) is 0 Å². The van der Waals surface area contributed by atoms with Crippen LogP contribution in [0.2, 0.25) is 0 Å². The Hall–Kier alpha value is -1.81. The third-order valence-corrected chi connectivity index (χ3v) is 3.09. The number of carbonyl (C=O) groups excluding carboxylic acids is 1. The summed E-state index contributed by atoms with van der Waals surface area (Å²) in [6, 6.07) is 7.42. The van der Waals surface area contributed by atoms with Crippen molar-refractivity contribution >= 4 is 16.8 Å². The number of furan rings is 1. The van der Waals surface area contributed by atoms with Gasteiger partial charge in [0.05, 0.1) is 6.61 Å². The summed E-state index contributed by atoms with van der Waals surface area (Å²) >= 11 is 0. The Balaban J connectivity index is 2.11. The van der Waals surface area contributed by atoms with Crippen molar-refractivity contribution in [2.24, 2.45) is 5.92 Å². The summed E-state index contributed by atoms with van der Waals surface area (Å²) in [5.41, 5.74) is 0.719. The van der Waals surface area contributed by atoms with Crippen molar-refractivity contribution in [3.05, 3.63) is 30.0 Å². The van der Waals surface area contributed by atoms with Crippen LogP contribution in [0.1, 0.15) is 30.8 Å². The first-order valence-corrected chi connectivity index (χ1v) is 6.97. The highest BCUT2D eigenvalue weighted by atomic mass is 16.5. The number of hydrogen-bond acceptors (Lipinski definition) is 4. The summed E-state index contributed by atoms with van der Waals surface area (Å²) in [5.74, 6) is 1.19. The van der Waals surface area contributed by atoms with Gasteiger partial charge in [-0.2, -0.15) is 0 Å². The average Bonchev–Trinajstić information content (AvgIpc) is 2.85. The molecule has 0 unspecified atom stereocenters. The Bertz CT molecular complexity index is 586. The van der Waals surface area contributed by atoms with Crippen LogP contribution < -0.4 is 10.1 Å². The van der Waals surface area contributed by atoms with Gasteiger partial charge in [-0.3, -0.25) is 4.79 Å². The van der Waals surface area contributed by atoms with Crippen LogP contribution in [0.5, 0.6) is 5.75 Å². The summed E-state index contributed by atoms with van der Waals surface area (Å²) in [4.78, 5) is 11.9. The normalized spacial score (nSPS) is 11.2. The highest BCUT2D eigenvalue weighted by molar-refractivity contribution is 5.98. The molecule has 0 radical (unpaired) electrons. The second-order valence-electron chi connectivity index (χ2n) is 5.13. The van der Waals surface area contributed by atoms with Gasteiger partial charge in [0.25, 0.3) is 0 Å². The van der Waals surface area contributed by atoms with Crippen molar-refractivity contribution in [2.45, 2.75) is 20.3 Å².